The van der Waals surface area contributed by atoms with E-state index in [9.17, 15) is 0 Å². The summed E-state index contributed by atoms with van der Waals surface area (Å²) in [5, 5.41) is 0. The number of pyridine rings is 1. The largest absolute Gasteiger partial charge is 0.496 e. The van der Waals surface area contributed by atoms with Crippen molar-refractivity contribution in [1.29, 1.82) is 0 Å². The number of hydrogen-bond donors (Lipinski definition) is 1. The fraction of sp³-hybridized carbons (Fsp3) is 0.421. The van der Waals surface area contributed by atoms with Crippen molar-refractivity contribution < 1.29 is 4.74 Å². The van der Waals surface area contributed by atoms with E-state index in [4.69, 9.17) is 10.5 Å². The molecule has 0 atom stereocenters. The van der Waals surface area contributed by atoms with Gasteiger partial charge in [-0.1, -0.05) is 30.3 Å². The fourth-order valence-electron chi connectivity index (χ4n) is 2.83. The maximum Gasteiger partial charge on any atom is 0.128 e. The summed E-state index contributed by atoms with van der Waals surface area (Å²) in [6, 6.07) is 10.5. The first-order chi connectivity index (χ1) is 11.2. The van der Waals surface area contributed by atoms with Gasteiger partial charge in [-0.2, -0.15) is 0 Å². The molecular weight excluding hydrogens is 286 g/mol. The van der Waals surface area contributed by atoms with Crippen molar-refractivity contribution >= 4 is 0 Å². The van der Waals surface area contributed by atoms with Crippen LogP contribution in [0, 0.1) is 13.8 Å². The third-order valence-corrected chi connectivity index (χ3v) is 4.13. The first-order valence-corrected chi connectivity index (χ1v) is 8.11. The number of hydrogen-bond acceptors (Lipinski definition) is 4. The van der Waals surface area contributed by atoms with E-state index in [0.717, 1.165) is 48.6 Å². The molecule has 0 spiro atoms. The second-order valence-electron chi connectivity index (χ2n) is 5.85. The molecule has 4 heteroatoms. The highest BCUT2D eigenvalue weighted by Gasteiger charge is 2.13. The molecule has 124 valence electrons. The Morgan fingerprint density at radius 3 is 2.52 bits per heavy atom. The lowest BCUT2D eigenvalue weighted by Gasteiger charge is -2.23. The molecule has 0 amide bonds. The van der Waals surface area contributed by atoms with E-state index in [-0.39, 0.29) is 0 Å². The molecule has 1 aromatic heterocycles. The van der Waals surface area contributed by atoms with E-state index in [1.54, 1.807) is 7.11 Å². The van der Waals surface area contributed by atoms with E-state index in [1.165, 1.54) is 5.56 Å². The molecule has 0 unspecified atom stereocenters. The minimum atomic E-state index is 0.650. The highest BCUT2D eigenvalue weighted by molar-refractivity contribution is 5.41. The van der Waals surface area contributed by atoms with E-state index in [1.807, 2.05) is 19.2 Å². The molecule has 0 aliphatic heterocycles. The van der Waals surface area contributed by atoms with Gasteiger partial charge in [-0.05, 0) is 25.8 Å². The molecular formula is C19H27N3O. The lowest BCUT2D eigenvalue weighted by Crippen LogP contribution is -2.31. The van der Waals surface area contributed by atoms with Gasteiger partial charge >= 0.3 is 0 Å². The van der Waals surface area contributed by atoms with E-state index in [0.29, 0.717) is 6.54 Å². The van der Waals surface area contributed by atoms with E-state index >= 15 is 0 Å². The average Bonchev–Trinajstić information content (AvgIpc) is 2.57. The van der Waals surface area contributed by atoms with Gasteiger partial charge in [0.15, 0.2) is 0 Å². The molecule has 0 fully saturated rings. The zero-order valence-electron chi connectivity index (χ0n) is 14.4. The van der Waals surface area contributed by atoms with Gasteiger partial charge in [-0.15, -0.1) is 0 Å². The third kappa shape index (κ3) is 4.78. The topological polar surface area (TPSA) is 51.4 Å². The molecule has 1 heterocycles. The summed E-state index contributed by atoms with van der Waals surface area (Å²) in [7, 11) is 1.71. The van der Waals surface area contributed by atoms with E-state index in [2.05, 4.69) is 41.1 Å². The maximum atomic E-state index is 5.78. The third-order valence-electron chi connectivity index (χ3n) is 4.13. The van der Waals surface area contributed by atoms with Crippen LogP contribution >= 0.6 is 0 Å². The predicted octanol–water partition coefficient (Wildman–Crippen LogP) is 2.71. The fourth-order valence-corrected chi connectivity index (χ4v) is 2.83. The number of methoxy groups -OCH3 is 1. The quantitative estimate of drug-likeness (QED) is 0.814. The molecule has 2 aromatic rings. The molecule has 0 aliphatic carbocycles. The number of nitrogens with zero attached hydrogens (tertiary/aromatic N) is 2. The van der Waals surface area contributed by atoms with Crippen molar-refractivity contribution in [2.45, 2.75) is 26.8 Å². The van der Waals surface area contributed by atoms with Crippen molar-refractivity contribution in [1.82, 2.24) is 9.88 Å². The smallest absolute Gasteiger partial charge is 0.128 e. The van der Waals surface area contributed by atoms with Crippen LogP contribution in [0.3, 0.4) is 0 Å². The van der Waals surface area contributed by atoms with Gasteiger partial charge in [0, 0.05) is 43.5 Å². The van der Waals surface area contributed by atoms with Crippen LogP contribution in [0.15, 0.2) is 36.5 Å². The van der Waals surface area contributed by atoms with Crippen molar-refractivity contribution in [3.63, 3.8) is 0 Å². The number of benzene rings is 1. The van der Waals surface area contributed by atoms with Crippen LogP contribution in [0.25, 0.3) is 0 Å². The number of aromatic nitrogens is 1. The Bertz CT molecular complexity index is 614. The molecule has 2 rings (SSSR count). The lowest BCUT2D eigenvalue weighted by molar-refractivity contribution is 0.272. The number of aryl methyl sites for hydroxylation is 1. The summed E-state index contributed by atoms with van der Waals surface area (Å²) in [5.41, 5.74) is 10.4. The standard InChI is InChI=1S/C19H27N3O/c1-15-13-21-18(16(2)19(15)23-3)14-22(12-10-20)11-9-17-7-5-4-6-8-17/h4-8,13H,9-12,14,20H2,1-3H3. The Labute approximate surface area is 139 Å². The van der Waals surface area contributed by atoms with Crippen molar-refractivity contribution in [2.24, 2.45) is 5.73 Å². The Morgan fingerprint density at radius 1 is 1.13 bits per heavy atom. The predicted molar refractivity (Wildman–Crippen MR) is 94.7 cm³/mol. The normalized spacial score (nSPS) is 11.0. The van der Waals surface area contributed by atoms with Crippen LogP contribution in [0.4, 0.5) is 0 Å². The molecule has 0 aliphatic rings. The Balaban J connectivity index is 2.07. The molecule has 4 nitrogen and oxygen atoms in total. The molecule has 1 aromatic carbocycles. The van der Waals surface area contributed by atoms with Gasteiger partial charge in [-0.25, -0.2) is 0 Å². The summed E-state index contributed by atoms with van der Waals surface area (Å²) in [6.45, 7) is 7.38. The van der Waals surface area contributed by atoms with Crippen LogP contribution in [0.5, 0.6) is 5.75 Å². The van der Waals surface area contributed by atoms with E-state index < -0.39 is 0 Å². The van der Waals surface area contributed by atoms with Gasteiger partial charge in [0.25, 0.3) is 0 Å². The van der Waals surface area contributed by atoms with Crippen molar-refractivity contribution in [3.8, 4) is 5.75 Å². The number of rotatable bonds is 8. The van der Waals surface area contributed by atoms with Crippen LogP contribution in [0.2, 0.25) is 0 Å². The average molecular weight is 313 g/mol. The summed E-state index contributed by atoms with van der Waals surface area (Å²) in [4.78, 5) is 6.96. The number of ether oxygens (including phenoxy) is 1. The summed E-state index contributed by atoms with van der Waals surface area (Å²) in [6.07, 6.45) is 2.90. The molecule has 0 saturated heterocycles. The zero-order valence-corrected chi connectivity index (χ0v) is 14.4. The van der Waals surface area contributed by atoms with Gasteiger partial charge in [0.2, 0.25) is 0 Å². The second kappa shape index (κ2) is 8.65. The Morgan fingerprint density at radius 2 is 1.87 bits per heavy atom. The molecule has 0 radical (unpaired) electrons. The van der Waals surface area contributed by atoms with Crippen LogP contribution < -0.4 is 10.5 Å². The number of nitrogens with two attached hydrogens (primary N) is 1. The minimum absolute atomic E-state index is 0.650. The summed E-state index contributed by atoms with van der Waals surface area (Å²) < 4.78 is 5.50. The highest BCUT2D eigenvalue weighted by atomic mass is 16.5. The lowest BCUT2D eigenvalue weighted by atomic mass is 10.1. The van der Waals surface area contributed by atoms with Gasteiger partial charge < -0.3 is 10.5 Å². The van der Waals surface area contributed by atoms with Crippen LogP contribution in [-0.2, 0) is 13.0 Å². The van der Waals surface area contributed by atoms with Crippen molar-refractivity contribution in [3.05, 3.63) is 58.9 Å². The summed E-state index contributed by atoms with van der Waals surface area (Å²) in [5.74, 6) is 0.936. The SMILES string of the molecule is COc1c(C)cnc(CN(CCN)CCc2ccccc2)c1C. The monoisotopic (exact) mass is 313 g/mol. The minimum Gasteiger partial charge on any atom is -0.496 e. The first-order valence-electron chi connectivity index (χ1n) is 8.11. The maximum absolute atomic E-state index is 5.78. The van der Waals surface area contributed by atoms with Gasteiger partial charge in [0.1, 0.15) is 5.75 Å². The van der Waals surface area contributed by atoms with Gasteiger partial charge in [-0.3, -0.25) is 9.88 Å². The van der Waals surface area contributed by atoms with Crippen molar-refractivity contribution in [2.75, 3.05) is 26.7 Å². The Kier molecular flexibility index (Phi) is 6.56. The summed E-state index contributed by atoms with van der Waals surface area (Å²) >= 11 is 0. The van der Waals surface area contributed by atoms with Crippen LogP contribution in [0.1, 0.15) is 22.4 Å². The van der Waals surface area contributed by atoms with Crippen LogP contribution in [-0.4, -0.2) is 36.6 Å². The first kappa shape index (κ1) is 17.4. The zero-order chi connectivity index (χ0) is 16.7. The molecule has 23 heavy (non-hydrogen) atoms. The second-order valence-corrected chi connectivity index (χ2v) is 5.85. The van der Waals surface area contributed by atoms with Gasteiger partial charge in [0.05, 0.1) is 12.8 Å². The Hall–Kier alpha value is -1.91. The molecule has 0 saturated carbocycles. The highest BCUT2D eigenvalue weighted by Crippen LogP contribution is 2.24. The molecule has 2 N–H and O–H groups in total. The molecule has 0 bridgehead atoms.